The highest BCUT2D eigenvalue weighted by atomic mass is 35.5. The maximum atomic E-state index is 16.2. The molecule has 5 atom stereocenters. The van der Waals surface area contributed by atoms with Crippen molar-refractivity contribution in [1.82, 2.24) is 39.8 Å². The lowest BCUT2D eigenvalue weighted by molar-refractivity contribution is -0.147. The van der Waals surface area contributed by atoms with Crippen molar-refractivity contribution in [3.63, 3.8) is 0 Å². The summed E-state index contributed by atoms with van der Waals surface area (Å²) < 4.78 is 45.7. The number of hydrogen-bond donors (Lipinski definition) is 2. The lowest BCUT2D eigenvalue weighted by Crippen LogP contribution is -2.57. The lowest BCUT2D eigenvalue weighted by Gasteiger charge is -2.35. The number of ether oxygens (including phenoxy) is 2. The van der Waals surface area contributed by atoms with Crippen molar-refractivity contribution in [2.45, 2.75) is 89.6 Å². The van der Waals surface area contributed by atoms with E-state index in [0.717, 1.165) is 55.0 Å². The van der Waals surface area contributed by atoms with E-state index >= 15 is 13.6 Å². The van der Waals surface area contributed by atoms with Gasteiger partial charge >= 0.3 is 0 Å². The van der Waals surface area contributed by atoms with Crippen LogP contribution in [0.3, 0.4) is 0 Å². The van der Waals surface area contributed by atoms with Crippen molar-refractivity contribution in [2.75, 3.05) is 47.4 Å². The van der Waals surface area contributed by atoms with E-state index in [1.54, 1.807) is 51.5 Å². The van der Waals surface area contributed by atoms with Crippen LogP contribution in [-0.2, 0) is 61.7 Å². The minimum atomic E-state index is -1.33. The number of halogens is 4. The Balaban J connectivity index is 1.23. The van der Waals surface area contributed by atoms with Crippen LogP contribution < -0.4 is 15.4 Å². The quantitative estimate of drug-likeness (QED) is 0.121. The molecule has 0 aliphatic carbocycles. The average Bonchev–Trinajstić information content (AvgIpc) is 4.04. The molecule has 15 nitrogen and oxygen atoms in total. The molecule has 3 heterocycles. The van der Waals surface area contributed by atoms with E-state index in [1.807, 2.05) is 34.9 Å². The van der Waals surface area contributed by atoms with Crippen molar-refractivity contribution in [3.05, 3.63) is 135 Å². The van der Waals surface area contributed by atoms with Crippen LogP contribution in [0.1, 0.15) is 62.0 Å². The first-order valence-corrected chi connectivity index (χ1v) is 25.5. The normalized spacial score (nSPS) is 21.1. The first kappa shape index (κ1) is 55.4. The van der Waals surface area contributed by atoms with Crippen molar-refractivity contribution in [1.29, 1.82) is 0 Å². The van der Waals surface area contributed by atoms with Crippen LogP contribution in [0.25, 0.3) is 11.3 Å². The van der Waals surface area contributed by atoms with Gasteiger partial charge in [-0.25, -0.2) is 13.8 Å². The Bertz CT molecular complexity index is 2770. The second-order valence-electron chi connectivity index (χ2n) is 19.3. The van der Waals surface area contributed by atoms with Crippen molar-refractivity contribution < 1.29 is 42.2 Å². The van der Waals surface area contributed by atoms with Crippen molar-refractivity contribution in [2.24, 2.45) is 13.0 Å². The van der Waals surface area contributed by atoms with E-state index in [4.69, 9.17) is 32.7 Å². The number of aromatic nitrogens is 2. The van der Waals surface area contributed by atoms with E-state index in [-0.39, 0.29) is 79.1 Å². The Labute approximate surface area is 441 Å². The third kappa shape index (κ3) is 13.8. The summed E-state index contributed by atoms with van der Waals surface area (Å²) in [6.45, 7) is 5.20. The standard InChI is InChI=1S/C55H64Cl2F2N8O7/c1-34-29-61-50(68)28-43(23-37-14-17-41(56)18-15-37)64(4)55(72)46(33-73-6)62-53(70)35(2)67(51(69)26-40(54(71)63(34)3)22-36-12-8-7-9-13-36)31-38-16-19-42(57)27-48(38)74-52-44(58)24-39(25-45(52)59)47-30-60-49(65(47)5)32-66-20-10-11-21-66/h7-9,12-19,24-25,27,30,34-35,40,43,46H,10-11,20-23,26,28-29,31-33H2,1-6H3,(H,61,68)(H,62,70)/t34-,35-,40+,43-,46-/m0/s1. The van der Waals surface area contributed by atoms with Crippen molar-refractivity contribution >= 4 is 52.7 Å². The third-order valence-corrected chi connectivity index (χ3v) is 14.5. The smallest absolute Gasteiger partial charge is 0.247 e. The molecule has 1 aromatic heterocycles. The molecule has 394 valence electrons. The third-order valence-electron chi connectivity index (χ3n) is 14.0. The summed E-state index contributed by atoms with van der Waals surface area (Å²) in [4.78, 5) is 83.4. The van der Waals surface area contributed by atoms with Gasteiger partial charge < -0.3 is 39.4 Å². The van der Waals surface area contributed by atoms with E-state index in [1.165, 1.54) is 54.0 Å². The summed E-state index contributed by atoms with van der Waals surface area (Å²) in [5.41, 5.74) is 2.54. The number of rotatable bonds is 13. The molecule has 4 aromatic carbocycles. The zero-order valence-corrected chi connectivity index (χ0v) is 44.1. The SMILES string of the molecule is COC[C@@H]1NC(=O)[C@H](C)N(Cc2ccc(Cl)cc2Oc2c(F)cc(-c3cnc(CN4CCCC4)n3C)cc2F)C(=O)C[C@@H](Cc2ccccc2)C(=O)N(C)[C@@H](C)CNC(=O)C[C@H](Cc2ccc(Cl)cc2)N(C)C1=O. The highest BCUT2D eigenvalue weighted by molar-refractivity contribution is 6.31. The van der Waals surface area contributed by atoms with Crippen LogP contribution in [0.2, 0.25) is 10.0 Å². The molecule has 0 unspecified atom stereocenters. The Hall–Kier alpha value is -6.40. The Kier molecular flexibility index (Phi) is 18.9. The maximum Gasteiger partial charge on any atom is 0.247 e. The van der Waals surface area contributed by atoms with Gasteiger partial charge in [-0.05, 0) is 100 Å². The number of likely N-dealkylation sites (N-methyl/N-ethyl adjacent to an activating group) is 2. The number of benzene rings is 4. The van der Waals surface area contributed by atoms with Crippen LogP contribution in [-0.4, -0.2) is 130 Å². The second kappa shape index (κ2) is 25.2. The Morgan fingerprint density at radius 3 is 2.11 bits per heavy atom. The van der Waals surface area contributed by atoms with E-state index in [2.05, 4.69) is 20.5 Å². The summed E-state index contributed by atoms with van der Waals surface area (Å²) in [6, 6.07) is 19.1. The van der Waals surface area contributed by atoms with Gasteiger partial charge in [0.2, 0.25) is 29.5 Å². The molecule has 19 heteroatoms. The molecule has 2 aliphatic heterocycles. The minimum absolute atomic E-state index is 0.0658. The zero-order valence-electron chi connectivity index (χ0n) is 42.6. The van der Waals surface area contributed by atoms with Crippen molar-refractivity contribution in [3.8, 4) is 22.8 Å². The Morgan fingerprint density at radius 1 is 0.770 bits per heavy atom. The predicted molar refractivity (Wildman–Crippen MR) is 278 cm³/mol. The van der Waals surface area contributed by atoms with Crippen LogP contribution in [0.4, 0.5) is 8.78 Å². The topological polar surface area (TPSA) is 159 Å². The van der Waals surface area contributed by atoms with Crippen LogP contribution in [0.15, 0.2) is 91.1 Å². The largest absolute Gasteiger partial charge is 0.451 e. The summed E-state index contributed by atoms with van der Waals surface area (Å²) >= 11 is 12.7. The molecule has 2 saturated heterocycles. The minimum Gasteiger partial charge on any atom is -0.451 e. The molecule has 0 bridgehead atoms. The molecular weight excluding hydrogens is 994 g/mol. The molecule has 2 fully saturated rings. The monoisotopic (exact) mass is 1060 g/mol. The summed E-state index contributed by atoms with van der Waals surface area (Å²) in [5.74, 6) is -5.75. The fraction of sp³-hybridized carbons (Fsp3) is 0.418. The number of amides is 5. The number of hydrogen-bond acceptors (Lipinski definition) is 9. The van der Waals surface area contributed by atoms with E-state index in [9.17, 15) is 19.2 Å². The summed E-state index contributed by atoms with van der Waals surface area (Å²) in [5, 5.41) is 6.38. The molecule has 2 aliphatic rings. The Morgan fingerprint density at radius 2 is 1.43 bits per heavy atom. The molecule has 7 rings (SSSR count). The van der Waals surface area contributed by atoms with E-state index < -0.39 is 65.2 Å². The van der Waals surface area contributed by atoms with Gasteiger partial charge in [-0.1, -0.05) is 71.7 Å². The molecule has 0 spiro atoms. The second-order valence-corrected chi connectivity index (χ2v) is 20.1. The number of likely N-dealkylation sites (tertiary alicyclic amines) is 1. The highest BCUT2D eigenvalue weighted by Gasteiger charge is 2.37. The molecule has 2 N–H and O–H groups in total. The average molecular weight is 1060 g/mol. The molecule has 0 radical (unpaired) electrons. The fourth-order valence-corrected chi connectivity index (χ4v) is 9.69. The van der Waals surface area contributed by atoms with E-state index in [0.29, 0.717) is 17.3 Å². The van der Waals surface area contributed by atoms with Gasteiger partial charge in [-0.3, -0.25) is 28.9 Å². The summed E-state index contributed by atoms with van der Waals surface area (Å²) in [6.07, 6.45) is 3.69. The highest BCUT2D eigenvalue weighted by Crippen LogP contribution is 2.36. The zero-order chi connectivity index (χ0) is 53.2. The first-order valence-electron chi connectivity index (χ1n) is 24.8. The molecule has 5 aromatic rings. The van der Waals surface area contributed by atoms with Gasteiger partial charge in [0.25, 0.3) is 0 Å². The number of carbonyl (C=O) groups is 5. The molecule has 5 amide bonds. The van der Waals surface area contributed by atoms with Crippen LogP contribution in [0, 0.1) is 17.6 Å². The van der Waals surface area contributed by atoms with Gasteiger partial charge in [0, 0.05) is 80.9 Å². The number of carbonyl (C=O) groups excluding carboxylic acids is 5. The number of methoxy groups -OCH3 is 1. The number of nitrogens with one attached hydrogen (secondary N) is 2. The van der Waals surface area contributed by atoms with Gasteiger partial charge in [0.1, 0.15) is 23.7 Å². The maximum absolute atomic E-state index is 16.2. The van der Waals surface area contributed by atoms with Gasteiger partial charge in [0.15, 0.2) is 17.4 Å². The van der Waals surface area contributed by atoms with Crippen LogP contribution >= 0.6 is 23.2 Å². The molecule has 74 heavy (non-hydrogen) atoms. The first-order chi connectivity index (χ1) is 35.4. The van der Waals surface area contributed by atoms with Crippen LogP contribution in [0.5, 0.6) is 11.5 Å². The van der Waals surface area contributed by atoms with Gasteiger partial charge in [-0.2, -0.15) is 0 Å². The fourth-order valence-electron chi connectivity index (χ4n) is 9.40. The molecular formula is C55H64Cl2F2N8O7. The number of imidazole rings is 1. The summed E-state index contributed by atoms with van der Waals surface area (Å²) in [7, 11) is 6.31. The molecule has 0 saturated carbocycles. The van der Waals surface area contributed by atoms with Gasteiger partial charge in [-0.15, -0.1) is 0 Å². The predicted octanol–water partition coefficient (Wildman–Crippen LogP) is 7.59. The number of nitrogens with zero attached hydrogens (tertiary/aromatic N) is 6. The lowest BCUT2D eigenvalue weighted by atomic mass is 9.93. The van der Waals surface area contributed by atoms with Gasteiger partial charge in [0.05, 0.1) is 37.5 Å².